The minimum absolute atomic E-state index is 0.163. The summed E-state index contributed by atoms with van der Waals surface area (Å²) in [6.07, 6.45) is 7.20. The monoisotopic (exact) mass is 359 g/mol. The lowest BCUT2D eigenvalue weighted by atomic mass is 9.66. The van der Waals surface area contributed by atoms with Crippen molar-refractivity contribution in [3.63, 3.8) is 0 Å². The molecule has 0 unspecified atom stereocenters. The summed E-state index contributed by atoms with van der Waals surface area (Å²) in [6.45, 7) is 2.33. The van der Waals surface area contributed by atoms with Gasteiger partial charge in [-0.1, -0.05) is 43.2 Å². The molecular formula is C21H29NO4. The highest BCUT2D eigenvalue weighted by Crippen LogP contribution is 2.52. The molecule has 1 spiro atoms. The number of hydrogen-bond acceptors (Lipinski definition) is 3. The number of carbonyl (C=O) groups is 2. The van der Waals surface area contributed by atoms with Gasteiger partial charge < -0.3 is 9.84 Å². The average molecular weight is 359 g/mol. The van der Waals surface area contributed by atoms with Crippen LogP contribution in [0, 0.1) is 5.41 Å². The number of aliphatic carboxylic acids is 1. The van der Waals surface area contributed by atoms with Crippen molar-refractivity contribution in [1.29, 1.82) is 0 Å². The van der Waals surface area contributed by atoms with Gasteiger partial charge in [0.05, 0.1) is 0 Å². The number of carbonyl (C=O) groups excluding carboxylic acids is 1. The predicted molar refractivity (Wildman–Crippen MR) is 98.7 cm³/mol. The minimum atomic E-state index is -1.13. The molecule has 0 aromatic heterocycles. The van der Waals surface area contributed by atoms with Gasteiger partial charge in [-0.15, -0.1) is 0 Å². The first-order valence-corrected chi connectivity index (χ1v) is 9.73. The molecule has 0 atom stereocenters. The van der Waals surface area contributed by atoms with Gasteiger partial charge in [0.25, 0.3) is 0 Å². The van der Waals surface area contributed by atoms with Gasteiger partial charge in [0.15, 0.2) is 0 Å². The molecule has 0 radical (unpaired) electrons. The number of ether oxygens (including phenoxy) is 1. The summed E-state index contributed by atoms with van der Waals surface area (Å²) in [5.41, 5.74) is 0.0812. The first-order valence-electron chi connectivity index (χ1n) is 9.73. The second-order valence-corrected chi connectivity index (χ2v) is 7.83. The molecule has 26 heavy (non-hydrogen) atoms. The van der Waals surface area contributed by atoms with Gasteiger partial charge >= 0.3 is 12.1 Å². The van der Waals surface area contributed by atoms with Gasteiger partial charge in [-0.2, -0.15) is 0 Å². The summed E-state index contributed by atoms with van der Waals surface area (Å²) in [7, 11) is 0. The van der Waals surface area contributed by atoms with Gasteiger partial charge in [-0.05, 0) is 56.4 Å². The number of carboxylic acid groups (broad SMARTS) is 1. The predicted octanol–water partition coefficient (Wildman–Crippen LogP) is 4.60. The third-order valence-corrected chi connectivity index (χ3v) is 6.46. The molecule has 2 saturated carbocycles. The lowest BCUT2D eigenvalue weighted by Crippen LogP contribution is -2.59. The maximum absolute atomic E-state index is 12.7. The average Bonchev–Trinajstić information content (AvgIpc) is 3.11. The number of benzene rings is 1. The first-order chi connectivity index (χ1) is 12.5. The number of nitrogens with zero attached hydrogens (tertiary/aromatic N) is 1. The number of rotatable bonds is 5. The van der Waals surface area contributed by atoms with Crippen molar-refractivity contribution in [2.24, 2.45) is 5.41 Å². The highest BCUT2D eigenvalue weighted by atomic mass is 16.6. The van der Waals surface area contributed by atoms with Crippen LogP contribution in [-0.4, -0.2) is 34.2 Å². The number of hydrogen-bond donors (Lipinski definition) is 1. The Bertz CT molecular complexity index is 627. The zero-order valence-electron chi connectivity index (χ0n) is 15.6. The molecular weight excluding hydrogens is 330 g/mol. The van der Waals surface area contributed by atoms with Crippen LogP contribution in [0.4, 0.5) is 4.79 Å². The van der Waals surface area contributed by atoms with Crippen molar-refractivity contribution in [2.75, 3.05) is 6.54 Å². The Morgan fingerprint density at radius 2 is 1.65 bits per heavy atom. The highest BCUT2D eigenvalue weighted by molar-refractivity contribution is 5.84. The van der Waals surface area contributed by atoms with Crippen molar-refractivity contribution in [3.05, 3.63) is 35.9 Å². The van der Waals surface area contributed by atoms with Gasteiger partial charge in [-0.3, -0.25) is 4.90 Å². The minimum Gasteiger partial charge on any atom is -0.479 e. The molecule has 5 nitrogen and oxygen atoms in total. The zero-order valence-corrected chi connectivity index (χ0v) is 15.6. The zero-order chi connectivity index (χ0) is 18.6. The molecule has 0 bridgehead atoms. The molecule has 3 rings (SSSR count). The van der Waals surface area contributed by atoms with E-state index in [0.29, 0.717) is 24.8 Å². The second kappa shape index (κ2) is 7.68. The molecule has 0 saturated heterocycles. The Hall–Kier alpha value is -2.04. The van der Waals surface area contributed by atoms with E-state index >= 15 is 0 Å². The quantitative estimate of drug-likeness (QED) is 0.834. The molecule has 2 aliphatic rings. The van der Waals surface area contributed by atoms with Crippen LogP contribution in [0.2, 0.25) is 0 Å². The third kappa shape index (κ3) is 3.57. The molecule has 5 heteroatoms. The van der Waals surface area contributed by atoms with Crippen molar-refractivity contribution in [3.8, 4) is 0 Å². The standard InChI is InChI=1S/C21H29NO4/c1-2-22(19(25)26-16-17-8-4-3-5-9-17)21(18(23)24)14-12-20(13-15-21)10-6-7-11-20/h3-5,8-9H,2,6-7,10-16H2,1H3,(H,23,24). The lowest BCUT2D eigenvalue weighted by Gasteiger charge is -2.47. The normalized spacial score (nSPS) is 20.7. The molecule has 2 fully saturated rings. The molecule has 1 N–H and O–H groups in total. The van der Waals surface area contributed by atoms with Crippen molar-refractivity contribution in [2.45, 2.75) is 70.4 Å². The Balaban J connectivity index is 1.70. The molecule has 142 valence electrons. The van der Waals surface area contributed by atoms with Gasteiger partial charge in [0.2, 0.25) is 0 Å². The van der Waals surface area contributed by atoms with Crippen LogP contribution in [-0.2, 0) is 16.1 Å². The van der Waals surface area contributed by atoms with Crippen LogP contribution in [0.3, 0.4) is 0 Å². The van der Waals surface area contributed by atoms with Crippen LogP contribution in [0.25, 0.3) is 0 Å². The van der Waals surface area contributed by atoms with E-state index in [9.17, 15) is 14.7 Å². The Morgan fingerprint density at radius 3 is 2.19 bits per heavy atom. The fourth-order valence-corrected chi connectivity index (χ4v) is 4.82. The van der Waals surface area contributed by atoms with Gasteiger partial charge in [-0.25, -0.2) is 9.59 Å². The Kier molecular flexibility index (Phi) is 5.54. The highest BCUT2D eigenvalue weighted by Gasteiger charge is 2.52. The van der Waals surface area contributed by atoms with E-state index in [-0.39, 0.29) is 6.61 Å². The Labute approximate surface area is 155 Å². The molecule has 2 aliphatic carbocycles. The van der Waals surface area contributed by atoms with Crippen LogP contribution < -0.4 is 0 Å². The SMILES string of the molecule is CCN(C(=O)OCc1ccccc1)C1(C(=O)O)CCC2(CCCC2)CC1. The maximum Gasteiger partial charge on any atom is 0.411 e. The van der Waals surface area contributed by atoms with E-state index in [2.05, 4.69) is 0 Å². The van der Waals surface area contributed by atoms with Crippen molar-refractivity contribution < 1.29 is 19.4 Å². The summed E-state index contributed by atoms with van der Waals surface area (Å²) in [5, 5.41) is 10.0. The second-order valence-electron chi connectivity index (χ2n) is 7.83. The molecule has 1 amide bonds. The van der Waals surface area contributed by atoms with Gasteiger partial charge in [0.1, 0.15) is 12.1 Å². The summed E-state index contributed by atoms with van der Waals surface area (Å²) >= 11 is 0. The van der Waals surface area contributed by atoms with E-state index in [0.717, 1.165) is 18.4 Å². The van der Waals surface area contributed by atoms with Crippen LogP contribution >= 0.6 is 0 Å². The van der Waals surface area contributed by atoms with E-state index in [4.69, 9.17) is 4.74 Å². The number of amides is 1. The lowest BCUT2D eigenvalue weighted by molar-refractivity contribution is -0.155. The molecule has 0 aliphatic heterocycles. The van der Waals surface area contributed by atoms with E-state index in [1.165, 1.54) is 30.6 Å². The summed E-state index contributed by atoms with van der Waals surface area (Å²) in [6, 6.07) is 9.47. The Morgan fingerprint density at radius 1 is 1.04 bits per heavy atom. The summed E-state index contributed by atoms with van der Waals surface area (Å²) in [4.78, 5) is 26.4. The fourth-order valence-electron chi connectivity index (χ4n) is 4.82. The topological polar surface area (TPSA) is 66.8 Å². The van der Waals surface area contributed by atoms with Crippen molar-refractivity contribution in [1.82, 2.24) is 4.90 Å². The van der Waals surface area contributed by atoms with E-state index in [1.54, 1.807) is 0 Å². The van der Waals surface area contributed by atoms with E-state index < -0.39 is 17.6 Å². The summed E-state index contributed by atoms with van der Waals surface area (Å²) in [5.74, 6) is -0.899. The maximum atomic E-state index is 12.7. The molecule has 0 heterocycles. The molecule has 1 aromatic carbocycles. The molecule has 1 aromatic rings. The smallest absolute Gasteiger partial charge is 0.411 e. The van der Waals surface area contributed by atoms with Crippen LogP contribution in [0.1, 0.15) is 63.9 Å². The van der Waals surface area contributed by atoms with Gasteiger partial charge in [0, 0.05) is 6.54 Å². The number of carboxylic acids is 1. The first kappa shape index (κ1) is 18.7. The van der Waals surface area contributed by atoms with E-state index in [1.807, 2.05) is 37.3 Å². The fraction of sp³-hybridized carbons (Fsp3) is 0.619. The summed E-state index contributed by atoms with van der Waals surface area (Å²) < 4.78 is 5.45. The number of likely N-dealkylation sites (N-methyl/N-ethyl adjacent to an activating group) is 1. The van der Waals surface area contributed by atoms with Crippen molar-refractivity contribution >= 4 is 12.1 Å². The third-order valence-electron chi connectivity index (χ3n) is 6.46. The van der Waals surface area contributed by atoms with Crippen LogP contribution in [0.5, 0.6) is 0 Å². The van der Waals surface area contributed by atoms with Crippen LogP contribution in [0.15, 0.2) is 30.3 Å². The largest absolute Gasteiger partial charge is 0.479 e.